The van der Waals surface area contributed by atoms with Crippen LogP contribution < -0.4 is 10.6 Å². The van der Waals surface area contributed by atoms with Crippen LogP contribution in [0, 0.1) is 11.8 Å². The predicted molar refractivity (Wildman–Crippen MR) is 309 cm³/mol. The van der Waals surface area contributed by atoms with Gasteiger partial charge >= 0.3 is 0 Å². The summed E-state index contributed by atoms with van der Waals surface area (Å²) in [7, 11) is 0. The molecule has 0 saturated carbocycles. The van der Waals surface area contributed by atoms with Crippen molar-refractivity contribution in [1.82, 2.24) is 10.6 Å². The highest BCUT2D eigenvalue weighted by atomic mass is 14.9. The standard InChI is InChI=1S/C65H134N2/c1-5-9-13-17-21-25-29-33-37-41-46-54-64(55-47-42-38-34-30-26-22-18-14-10-6-2)58-52-62-66-60-50-45-51-61-67-63-53-59-65(56-48-43-39-35-31-27-23-19-15-11-7-3)57-49-44-40-36-32-28-24-20-16-12-8-4/h64-67H,5-63H2,1-4H3. The molecule has 0 rings (SSSR count). The van der Waals surface area contributed by atoms with E-state index in [1.807, 2.05) is 0 Å². The van der Waals surface area contributed by atoms with Gasteiger partial charge in [-0.25, -0.2) is 0 Å². The fraction of sp³-hybridized carbons (Fsp3) is 1.00. The molecule has 67 heavy (non-hydrogen) atoms. The minimum Gasteiger partial charge on any atom is -0.317 e. The third kappa shape index (κ3) is 58.4. The van der Waals surface area contributed by atoms with E-state index in [1.54, 1.807) is 0 Å². The maximum Gasteiger partial charge on any atom is -0.00488 e. The number of rotatable bonds is 62. The summed E-state index contributed by atoms with van der Waals surface area (Å²) >= 11 is 0. The van der Waals surface area contributed by atoms with Crippen molar-refractivity contribution in [3.8, 4) is 0 Å². The first kappa shape index (κ1) is 66.9. The summed E-state index contributed by atoms with van der Waals surface area (Å²) < 4.78 is 0. The van der Waals surface area contributed by atoms with Crippen LogP contribution in [0.3, 0.4) is 0 Å². The van der Waals surface area contributed by atoms with E-state index in [0.717, 1.165) is 11.8 Å². The predicted octanol–water partition coefficient (Wildman–Crippen LogP) is 22.9. The van der Waals surface area contributed by atoms with Gasteiger partial charge in [0.1, 0.15) is 0 Å². The van der Waals surface area contributed by atoms with Crippen molar-refractivity contribution in [3.63, 3.8) is 0 Å². The molecule has 0 aliphatic carbocycles. The lowest BCUT2D eigenvalue weighted by Gasteiger charge is -2.17. The second kappa shape index (κ2) is 62.0. The van der Waals surface area contributed by atoms with Crippen molar-refractivity contribution in [3.05, 3.63) is 0 Å². The van der Waals surface area contributed by atoms with Crippen molar-refractivity contribution in [2.24, 2.45) is 11.8 Å². The second-order valence-electron chi connectivity index (χ2n) is 22.9. The van der Waals surface area contributed by atoms with Crippen LogP contribution in [-0.4, -0.2) is 26.2 Å². The largest absolute Gasteiger partial charge is 0.317 e. The molecule has 0 saturated heterocycles. The van der Waals surface area contributed by atoms with E-state index >= 15 is 0 Å². The van der Waals surface area contributed by atoms with Crippen LogP contribution in [0.25, 0.3) is 0 Å². The minimum atomic E-state index is 0.981. The molecule has 0 unspecified atom stereocenters. The van der Waals surface area contributed by atoms with Crippen LogP contribution in [0.15, 0.2) is 0 Å². The normalized spacial score (nSPS) is 11.9. The van der Waals surface area contributed by atoms with Gasteiger partial charge in [-0.05, 0) is 76.5 Å². The van der Waals surface area contributed by atoms with Crippen LogP contribution in [-0.2, 0) is 0 Å². The number of unbranched alkanes of at least 4 members (excludes halogenated alkanes) is 42. The second-order valence-corrected chi connectivity index (χ2v) is 22.9. The zero-order chi connectivity index (χ0) is 48.3. The van der Waals surface area contributed by atoms with Crippen LogP contribution in [0.5, 0.6) is 0 Å². The van der Waals surface area contributed by atoms with E-state index in [2.05, 4.69) is 38.3 Å². The first-order chi connectivity index (χ1) is 33.3. The molecule has 2 heteroatoms. The first-order valence-corrected chi connectivity index (χ1v) is 32.7. The lowest BCUT2D eigenvalue weighted by molar-refractivity contribution is 0.367. The number of nitrogens with one attached hydrogen (secondary N) is 2. The molecule has 0 aliphatic heterocycles. The summed E-state index contributed by atoms with van der Waals surface area (Å²) in [5.74, 6) is 1.96. The summed E-state index contributed by atoms with van der Waals surface area (Å²) in [5.41, 5.74) is 0. The molecular weight excluding hydrogens is 809 g/mol. The summed E-state index contributed by atoms with van der Waals surface area (Å²) in [6.45, 7) is 14.2. The van der Waals surface area contributed by atoms with Crippen LogP contribution in [0.2, 0.25) is 0 Å². The molecule has 0 aromatic heterocycles. The highest BCUT2D eigenvalue weighted by Crippen LogP contribution is 2.25. The highest BCUT2D eigenvalue weighted by Gasteiger charge is 2.11. The molecule has 0 atom stereocenters. The molecule has 2 nitrogen and oxygen atoms in total. The Labute approximate surface area is 427 Å². The molecule has 0 spiro atoms. The van der Waals surface area contributed by atoms with E-state index in [4.69, 9.17) is 0 Å². The maximum atomic E-state index is 3.85. The Bertz CT molecular complexity index is 708. The molecule has 0 aliphatic rings. The fourth-order valence-electron chi connectivity index (χ4n) is 11.2. The van der Waals surface area contributed by atoms with Crippen LogP contribution >= 0.6 is 0 Å². The highest BCUT2D eigenvalue weighted by molar-refractivity contribution is 4.65. The van der Waals surface area contributed by atoms with Crippen LogP contribution in [0.4, 0.5) is 0 Å². The smallest absolute Gasteiger partial charge is 0.00488 e. The molecule has 0 bridgehead atoms. The number of hydrogen-bond acceptors (Lipinski definition) is 2. The fourth-order valence-corrected chi connectivity index (χ4v) is 11.2. The minimum absolute atomic E-state index is 0.981. The Morgan fingerprint density at radius 1 is 0.164 bits per heavy atom. The first-order valence-electron chi connectivity index (χ1n) is 32.7. The summed E-state index contributed by atoms with van der Waals surface area (Å²) in [4.78, 5) is 0. The van der Waals surface area contributed by atoms with Gasteiger partial charge in [0.25, 0.3) is 0 Å². The van der Waals surface area contributed by atoms with Gasteiger partial charge in [0.05, 0.1) is 0 Å². The third-order valence-corrected chi connectivity index (χ3v) is 16.0. The van der Waals surface area contributed by atoms with Crippen molar-refractivity contribution < 1.29 is 0 Å². The zero-order valence-corrected chi connectivity index (χ0v) is 47.9. The van der Waals surface area contributed by atoms with Gasteiger partial charge < -0.3 is 10.6 Å². The summed E-state index contributed by atoms with van der Waals surface area (Å²) in [6, 6.07) is 0. The van der Waals surface area contributed by atoms with E-state index < -0.39 is 0 Å². The van der Waals surface area contributed by atoms with Crippen molar-refractivity contribution >= 4 is 0 Å². The monoisotopic (exact) mass is 943 g/mol. The molecule has 0 aromatic rings. The molecule has 2 N–H and O–H groups in total. The third-order valence-electron chi connectivity index (χ3n) is 16.0. The van der Waals surface area contributed by atoms with Gasteiger partial charge in [-0.15, -0.1) is 0 Å². The molecular formula is C65H134N2. The Morgan fingerprint density at radius 2 is 0.313 bits per heavy atom. The topological polar surface area (TPSA) is 24.1 Å². The van der Waals surface area contributed by atoms with Gasteiger partial charge in [0.2, 0.25) is 0 Å². The zero-order valence-electron chi connectivity index (χ0n) is 47.9. The quantitative estimate of drug-likeness (QED) is 0.0594. The molecule has 0 aromatic carbocycles. The molecule has 0 amide bonds. The van der Waals surface area contributed by atoms with Gasteiger partial charge in [-0.3, -0.25) is 0 Å². The van der Waals surface area contributed by atoms with Gasteiger partial charge in [0, 0.05) is 0 Å². The van der Waals surface area contributed by atoms with E-state index in [9.17, 15) is 0 Å². The Hall–Kier alpha value is -0.0800. The lowest BCUT2D eigenvalue weighted by atomic mass is 9.90. The Kier molecular flexibility index (Phi) is 62.0. The lowest BCUT2D eigenvalue weighted by Crippen LogP contribution is -2.19. The average molecular weight is 944 g/mol. The summed E-state index contributed by atoms with van der Waals surface area (Å²) in [5, 5.41) is 7.70. The van der Waals surface area contributed by atoms with Gasteiger partial charge in [0.15, 0.2) is 0 Å². The van der Waals surface area contributed by atoms with Crippen molar-refractivity contribution in [2.45, 2.75) is 381 Å². The van der Waals surface area contributed by atoms with E-state index in [0.29, 0.717) is 0 Å². The van der Waals surface area contributed by atoms with Crippen molar-refractivity contribution in [2.75, 3.05) is 26.2 Å². The molecule has 404 valence electrons. The maximum absolute atomic E-state index is 3.85. The average Bonchev–Trinajstić information content (AvgIpc) is 3.34. The SMILES string of the molecule is CCCCCCCCCCCCCC(CCCCCCCCCCCCC)CCCNCCCCCNCCCC(CCCCCCCCCCCCC)CCCCCCCCCCCCC. The van der Waals surface area contributed by atoms with Crippen molar-refractivity contribution in [1.29, 1.82) is 0 Å². The molecule has 0 heterocycles. The Morgan fingerprint density at radius 3 is 0.522 bits per heavy atom. The number of hydrogen-bond donors (Lipinski definition) is 2. The van der Waals surface area contributed by atoms with E-state index in [1.165, 1.54) is 379 Å². The Balaban J connectivity index is 4.23. The van der Waals surface area contributed by atoms with Gasteiger partial charge in [-0.2, -0.15) is 0 Å². The molecule has 0 fully saturated rings. The van der Waals surface area contributed by atoms with E-state index in [-0.39, 0.29) is 0 Å². The summed E-state index contributed by atoms with van der Waals surface area (Å²) in [6.07, 6.45) is 80.3. The van der Waals surface area contributed by atoms with Gasteiger partial charge in [-0.1, -0.05) is 342 Å². The molecule has 0 radical (unpaired) electrons. The van der Waals surface area contributed by atoms with Crippen LogP contribution in [0.1, 0.15) is 381 Å².